The number of hydrogen-bond donors (Lipinski definition) is 1. The van der Waals surface area contributed by atoms with Gasteiger partial charge in [0.15, 0.2) is 0 Å². The average molecular weight is 310 g/mol. The smallest absolute Gasteiger partial charge is 0.252 e. The largest absolute Gasteiger partial charge is 0.365 e. The summed E-state index contributed by atoms with van der Waals surface area (Å²) < 4.78 is 5.82. The molecule has 0 unspecified atom stereocenters. The van der Waals surface area contributed by atoms with E-state index in [0.29, 0.717) is 6.61 Å². The molecule has 2 aliphatic carbocycles. The van der Waals surface area contributed by atoms with Crippen LogP contribution < -0.4 is 5.32 Å². The minimum absolute atomic E-state index is 0.0369. The highest BCUT2D eigenvalue weighted by molar-refractivity contribution is 5.86. The first-order valence-electron chi connectivity index (χ1n) is 8.64. The Labute approximate surface area is 133 Å². The summed E-state index contributed by atoms with van der Waals surface area (Å²) in [6, 6.07) is 0.105. The molecule has 2 aliphatic rings. The first-order chi connectivity index (χ1) is 10.5. The molecule has 126 valence electrons. The van der Waals surface area contributed by atoms with Crippen LogP contribution in [-0.4, -0.2) is 49.1 Å². The molecule has 0 saturated heterocycles. The highest BCUT2D eigenvalue weighted by Gasteiger charge is 2.43. The second-order valence-corrected chi connectivity index (χ2v) is 6.90. The third-order valence-electron chi connectivity index (χ3n) is 5.05. The van der Waals surface area contributed by atoms with Crippen LogP contribution in [0.1, 0.15) is 58.3 Å². The molecule has 1 N–H and O–H groups in total. The van der Waals surface area contributed by atoms with E-state index < -0.39 is 5.60 Å². The van der Waals surface area contributed by atoms with Gasteiger partial charge in [-0.05, 0) is 51.9 Å². The van der Waals surface area contributed by atoms with Crippen molar-refractivity contribution in [2.24, 2.45) is 5.92 Å². The first-order valence-corrected chi connectivity index (χ1v) is 8.64. The first kappa shape index (κ1) is 17.3. The van der Waals surface area contributed by atoms with Crippen LogP contribution in [0.4, 0.5) is 0 Å². The van der Waals surface area contributed by atoms with Crippen LogP contribution in [-0.2, 0) is 14.3 Å². The van der Waals surface area contributed by atoms with Crippen LogP contribution in [0.25, 0.3) is 0 Å². The van der Waals surface area contributed by atoms with Crippen molar-refractivity contribution in [3.63, 3.8) is 0 Å². The minimum Gasteiger partial charge on any atom is -0.365 e. The Hall–Kier alpha value is -1.10. The van der Waals surface area contributed by atoms with Gasteiger partial charge in [-0.2, -0.15) is 0 Å². The lowest BCUT2D eigenvalue weighted by Crippen LogP contribution is -2.52. The summed E-state index contributed by atoms with van der Waals surface area (Å²) in [5, 5.41) is 3.18. The maximum absolute atomic E-state index is 12.7. The lowest BCUT2D eigenvalue weighted by atomic mass is 9.84. The third-order valence-corrected chi connectivity index (χ3v) is 5.05. The van der Waals surface area contributed by atoms with Crippen molar-refractivity contribution < 1.29 is 14.3 Å². The van der Waals surface area contributed by atoms with Crippen LogP contribution in [0.15, 0.2) is 0 Å². The molecule has 0 radical (unpaired) electrons. The summed E-state index contributed by atoms with van der Waals surface area (Å²) in [5.74, 6) is 0.259. The molecule has 0 aliphatic heterocycles. The summed E-state index contributed by atoms with van der Waals surface area (Å²) in [7, 11) is 3.60. The predicted molar refractivity (Wildman–Crippen MR) is 85.4 cm³/mol. The van der Waals surface area contributed by atoms with Crippen LogP contribution in [0.3, 0.4) is 0 Å². The van der Waals surface area contributed by atoms with Crippen molar-refractivity contribution in [2.45, 2.75) is 69.9 Å². The Morgan fingerprint density at radius 3 is 2.45 bits per heavy atom. The van der Waals surface area contributed by atoms with Crippen LogP contribution in [0.5, 0.6) is 0 Å². The van der Waals surface area contributed by atoms with Gasteiger partial charge in [-0.25, -0.2) is 0 Å². The summed E-state index contributed by atoms with van der Waals surface area (Å²) in [6.07, 6.45) is 7.39. The number of carbonyl (C=O) groups excluding carboxylic acids is 2. The SMILES string of the molecule is CCOC1(C(=O)N[C@H]2CCC[C@@H](C(=O)N(C)C)C2)CCCC1. The summed E-state index contributed by atoms with van der Waals surface area (Å²) in [6.45, 7) is 2.51. The predicted octanol–water partition coefficient (Wildman–Crippen LogP) is 2.10. The molecule has 2 rings (SSSR count). The van der Waals surface area contributed by atoms with Gasteiger partial charge in [0.05, 0.1) is 0 Å². The number of hydrogen-bond acceptors (Lipinski definition) is 3. The fourth-order valence-corrected chi connectivity index (χ4v) is 3.89. The lowest BCUT2D eigenvalue weighted by Gasteiger charge is -2.34. The molecule has 2 amide bonds. The zero-order chi connectivity index (χ0) is 16.2. The van der Waals surface area contributed by atoms with Crippen molar-refractivity contribution in [2.75, 3.05) is 20.7 Å². The van der Waals surface area contributed by atoms with Gasteiger partial charge in [0.25, 0.3) is 5.91 Å². The van der Waals surface area contributed by atoms with E-state index in [4.69, 9.17) is 4.74 Å². The molecule has 0 aromatic heterocycles. The van der Waals surface area contributed by atoms with E-state index in [1.54, 1.807) is 19.0 Å². The highest BCUT2D eigenvalue weighted by atomic mass is 16.5. The van der Waals surface area contributed by atoms with Crippen molar-refractivity contribution in [1.29, 1.82) is 0 Å². The molecule has 0 spiro atoms. The van der Waals surface area contributed by atoms with E-state index in [0.717, 1.165) is 51.4 Å². The molecular formula is C17H30N2O3. The Morgan fingerprint density at radius 2 is 1.86 bits per heavy atom. The van der Waals surface area contributed by atoms with Gasteiger partial charge in [0, 0.05) is 32.7 Å². The number of ether oxygens (including phenoxy) is 1. The lowest BCUT2D eigenvalue weighted by molar-refractivity contribution is -0.147. The molecule has 0 aromatic rings. The second kappa shape index (κ2) is 7.44. The maximum Gasteiger partial charge on any atom is 0.252 e. The van der Waals surface area contributed by atoms with Gasteiger partial charge in [-0.1, -0.05) is 6.42 Å². The molecule has 5 heteroatoms. The maximum atomic E-state index is 12.7. The Bertz CT molecular complexity index is 403. The molecule has 22 heavy (non-hydrogen) atoms. The van der Waals surface area contributed by atoms with Crippen molar-refractivity contribution in [3.05, 3.63) is 0 Å². The van der Waals surface area contributed by atoms with Crippen molar-refractivity contribution in [1.82, 2.24) is 10.2 Å². The van der Waals surface area contributed by atoms with E-state index >= 15 is 0 Å². The Kier molecular flexibility index (Phi) is 5.84. The topological polar surface area (TPSA) is 58.6 Å². The Morgan fingerprint density at radius 1 is 1.18 bits per heavy atom. The van der Waals surface area contributed by atoms with Gasteiger partial charge in [-0.15, -0.1) is 0 Å². The van der Waals surface area contributed by atoms with Gasteiger partial charge >= 0.3 is 0 Å². The third kappa shape index (κ3) is 3.80. The number of amides is 2. The average Bonchev–Trinajstić information content (AvgIpc) is 2.97. The second-order valence-electron chi connectivity index (χ2n) is 6.90. The van der Waals surface area contributed by atoms with E-state index in [2.05, 4.69) is 5.32 Å². The molecule has 2 atom stereocenters. The number of rotatable bonds is 5. The molecule has 0 aromatic carbocycles. The molecule has 2 saturated carbocycles. The van der Waals surface area contributed by atoms with Crippen molar-refractivity contribution >= 4 is 11.8 Å². The van der Waals surface area contributed by atoms with Crippen molar-refractivity contribution in [3.8, 4) is 0 Å². The van der Waals surface area contributed by atoms with E-state index in [1.807, 2.05) is 6.92 Å². The molecule has 0 heterocycles. The van der Waals surface area contributed by atoms with Crippen LogP contribution >= 0.6 is 0 Å². The number of nitrogens with one attached hydrogen (secondary N) is 1. The summed E-state index contributed by atoms with van der Waals surface area (Å²) >= 11 is 0. The van der Waals surface area contributed by atoms with E-state index in [-0.39, 0.29) is 23.8 Å². The monoisotopic (exact) mass is 310 g/mol. The van der Waals surface area contributed by atoms with Crippen LogP contribution in [0.2, 0.25) is 0 Å². The quantitative estimate of drug-likeness (QED) is 0.846. The van der Waals surface area contributed by atoms with E-state index in [9.17, 15) is 9.59 Å². The molecular weight excluding hydrogens is 280 g/mol. The zero-order valence-electron chi connectivity index (χ0n) is 14.2. The van der Waals surface area contributed by atoms with Gasteiger partial charge in [0.1, 0.15) is 5.60 Å². The molecule has 2 fully saturated rings. The Balaban J connectivity index is 1.94. The minimum atomic E-state index is -0.618. The standard InChI is InChI=1S/C17H30N2O3/c1-4-22-17(10-5-6-11-17)16(21)18-14-9-7-8-13(12-14)15(20)19(2)3/h13-14H,4-12H2,1-3H3,(H,18,21)/t13-,14+/m1/s1. The molecule has 5 nitrogen and oxygen atoms in total. The highest BCUT2D eigenvalue weighted by Crippen LogP contribution is 2.34. The zero-order valence-corrected chi connectivity index (χ0v) is 14.2. The number of nitrogens with zero attached hydrogens (tertiary/aromatic N) is 1. The fourth-order valence-electron chi connectivity index (χ4n) is 3.89. The summed E-state index contributed by atoms with van der Waals surface area (Å²) in [4.78, 5) is 26.5. The van der Waals surface area contributed by atoms with Gasteiger partial charge < -0.3 is 15.0 Å². The summed E-state index contributed by atoms with van der Waals surface area (Å²) in [5.41, 5.74) is -0.618. The van der Waals surface area contributed by atoms with Gasteiger partial charge in [-0.3, -0.25) is 9.59 Å². The fraction of sp³-hybridized carbons (Fsp3) is 0.882. The molecule has 0 bridgehead atoms. The van der Waals surface area contributed by atoms with Gasteiger partial charge in [0.2, 0.25) is 5.91 Å². The normalized spacial score (nSPS) is 27.4. The number of carbonyl (C=O) groups is 2. The van der Waals surface area contributed by atoms with E-state index in [1.165, 1.54) is 0 Å². The van der Waals surface area contributed by atoms with Crippen LogP contribution in [0, 0.1) is 5.92 Å².